The zero-order valence-electron chi connectivity index (χ0n) is 9.05. The molecule has 1 aliphatic carbocycles. The highest BCUT2D eigenvalue weighted by Gasteiger charge is 2.14. The summed E-state index contributed by atoms with van der Waals surface area (Å²) < 4.78 is 13.5. The van der Waals surface area contributed by atoms with E-state index < -0.39 is 0 Å². The summed E-state index contributed by atoms with van der Waals surface area (Å²) in [6, 6.07) is 5.08. The first kappa shape index (κ1) is 11.6. The van der Waals surface area contributed by atoms with Gasteiger partial charge in [-0.3, -0.25) is 0 Å². The average Bonchev–Trinajstić information content (AvgIpc) is 2.26. The van der Waals surface area contributed by atoms with Gasteiger partial charge in [-0.25, -0.2) is 4.39 Å². The largest absolute Gasteiger partial charge is 0.327 e. The third-order valence-corrected chi connectivity index (χ3v) is 3.37. The lowest BCUT2D eigenvalue weighted by molar-refractivity contribution is 0.575. The van der Waals surface area contributed by atoms with E-state index in [1.54, 1.807) is 12.1 Å². The van der Waals surface area contributed by atoms with Crippen LogP contribution in [0.15, 0.2) is 29.8 Å². The van der Waals surface area contributed by atoms with E-state index >= 15 is 0 Å². The number of rotatable bonds is 2. The molecule has 1 nitrogen and oxygen atoms in total. The van der Waals surface area contributed by atoms with Gasteiger partial charge in [0.15, 0.2) is 0 Å². The van der Waals surface area contributed by atoms with Gasteiger partial charge in [0.2, 0.25) is 0 Å². The Morgan fingerprint density at radius 1 is 1.44 bits per heavy atom. The van der Waals surface area contributed by atoms with Crippen molar-refractivity contribution in [1.82, 2.24) is 0 Å². The lowest BCUT2D eigenvalue weighted by Gasteiger charge is -2.18. The Bertz CT molecular complexity index is 394. The van der Waals surface area contributed by atoms with Crippen LogP contribution in [0.1, 0.15) is 24.8 Å². The third kappa shape index (κ3) is 2.63. The summed E-state index contributed by atoms with van der Waals surface area (Å²) in [6.45, 7) is 0. The smallest absolute Gasteiger partial charge is 0.128 e. The molecule has 0 fully saturated rings. The van der Waals surface area contributed by atoms with Crippen molar-refractivity contribution >= 4 is 11.6 Å². The summed E-state index contributed by atoms with van der Waals surface area (Å²) in [5.74, 6) is -0.219. The highest BCUT2D eigenvalue weighted by atomic mass is 35.5. The maximum atomic E-state index is 13.5. The zero-order valence-corrected chi connectivity index (χ0v) is 9.80. The number of halogens is 2. The van der Waals surface area contributed by atoms with Crippen LogP contribution in [-0.2, 0) is 6.42 Å². The molecular formula is C13H15ClFN. The molecule has 1 aromatic rings. The van der Waals surface area contributed by atoms with Gasteiger partial charge in [-0.05, 0) is 37.8 Å². The van der Waals surface area contributed by atoms with Crippen molar-refractivity contribution in [1.29, 1.82) is 0 Å². The molecule has 1 aromatic carbocycles. The first-order chi connectivity index (χ1) is 7.66. The lowest BCUT2D eigenvalue weighted by atomic mass is 9.91. The second-order valence-electron chi connectivity index (χ2n) is 4.27. The summed E-state index contributed by atoms with van der Waals surface area (Å²) in [5.41, 5.74) is 7.65. The molecular weight excluding hydrogens is 225 g/mol. The Balaban J connectivity index is 2.15. The third-order valence-electron chi connectivity index (χ3n) is 3.01. The second kappa shape index (κ2) is 4.98. The van der Waals surface area contributed by atoms with E-state index in [2.05, 4.69) is 6.08 Å². The molecule has 1 unspecified atom stereocenters. The van der Waals surface area contributed by atoms with Crippen LogP contribution < -0.4 is 5.73 Å². The molecule has 86 valence electrons. The van der Waals surface area contributed by atoms with Gasteiger partial charge in [0.25, 0.3) is 0 Å². The monoisotopic (exact) mass is 239 g/mol. The SMILES string of the molecule is NC1CC=C(Cc2c(F)cccc2Cl)CC1. The predicted octanol–water partition coefficient (Wildman–Crippen LogP) is 3.46. The van der Waals surface area contributed by atoms with Crippen LogP contribution in [0.4, 0.5) is 4.39 Å². The summed E-state index contributed by atoms with van der Waals surface area (Å²) in [4.78, 5) is 0. The zero-order chi connectivity index (χ0) is 11.5. The van der Waals surface area contributed by atoms with Crippen molar-refractivity contribution in [2.45, 2.75) is 31.7 Å². The van der Waals surface area contributed by atoms with Crippen molar-refractivity contribution < 1.29 is 4.39 Å². The van der Waals surface area contributed by atoms with Gasteiger partial charge in [0.05, 0.1) is 0 Å². The number of hydrogen-bond donors (Lipinski definition) is 1. The van der Waals surface area contributed by atoms with Gasteiger partial charge in [-0.2, -0.15) is 0 Å². The van der Waals surface area contributed by atoms with Crippen molar-refractivity contribution in [3.8, 4) is 0 Å². The minimum atomic E-state index is -0.219. The van der Waals surface area contributed by atoms with E-state index in [-0.39, 0.29) is 11.9 Å². The van der Waals surface area contributed by atoms with E-state index in [1.807, 2.05) is 0 Å². The van der Waals surface area contributed by atoms with Crippen molar-refractivity contribution in [2.75, 3.05) is 0 Å². The number of hydrogen-bond acceptors (Lipinski definition) is 1. The number of allylic oxidation sites excluding steroid dienone is 1. The molecule has 0 saturated carbocycles. The lowest BCUT2D eigenvalue weighted by Crippen LogP contribution is -2.22. The summed E-state index contributed by atoms with van der Waals surface area (Å²) in [5, 5.41) is 0.510. The minimum Gasteiger partial charge on any atom is -0.327 e. The number of nitrogens with two attached hydrogens (primary N) is 1. The Kier molecular flexibility index (Phi) is 3.62. The Morgan fingerprint density at radius 2 is 2.25 bits per heavy atom. The highest BCUT2D eigenvalue weighted by molar-refractivity contribution is 6.31. The molecule has 16 heavy (non-hydrogen) atoms. The molecule has 0 aliphatic heterocycles. The highest BCUT2D eigenvalue weighted by Crippen LogP contribution is 2.26. The molecule has 2 rings (SSSR count). The van der Waals surface area contributed by atoms with E-state index in [1.165, 1.54) is 11.6 Å². The van der Waals surface area contributed by atoms with Crippen molar-refractivity contribution in [3.05, 3.63) is 46.3 Å². The Morgan fingerprint density at radius 3 is 2.88 bits per heavy atom. The molecule has 0 aromatic heterocycles. The molecule has 0 saturated heterocycles. The maximum absolute atomic E-state index is 13.5. The topological polar surface area (TPSA) is 26.0 Å². The molecule has 1 aliphatic rings. The van der Waals surface area contributed by atoms with E-state index in [0.717, 1.165) is 19.3 Å². The van der Waals surface area contributed by atoms with Gasteiger partial charge < -0.3 is 5.73 Å². The molecule has 3 heteroatoms. The van der Waals surface area contributed by atoms with Crippen LogP contribution in [0.3, 0.4) is 0 Å². The quantitative estimate of drug-likeness (QED) is 0.786. The summed E-state index contributed by atoms with van der Waals surface area (Å²) in [6.07, 6.45) is 5.56. The van der Waals surface area contributed by atoms with E-state index in [9.17, 15) is 4.39 Å². The fraction of sp³-hybridized carbons (Fsp3) is 0.385. The predicted molar refractivity (Wildman–Crippen MR) is 65.0 cm³/mol. The van der Waals surface area contributed by atoms with Crippen LogP contribution in [-0.4, -0.2) is 6.04 Å². The van der Waals surface area contributed by atoms with Crippen LogP contribution in [0.25, 0.3) is 0 Å². The van der Waals surface area contributed by atoms with Gasteiger partial charge in [0, 0.05) is 16.6 Å². The van der Waals surface area contributed by atoms with Crippen molar-refractivity contribution in [3.63, 3.8) is 0 Å². The van der Waals surface area contributed by atoms with Gasteiger partial charge in [-0.1, -0.05) is 29.3 Å². The molecule has 0 radical (unpaired) electrons. The van der Waals surface area contributed by atoms with Gasteiger partial charge in [0.1, 0.15) is 5.82 Å². The first-order valence-electron chi connectivity index (χ1n) is 5.53. The Hall–Kier alpha value is -0.860. The molecule has 0 amide bonds. The Labute approximate surface area is 100 Å². The average molecular weight is 240 g/mol. The normalized spacial score (nSPS) is 20.7. The van der Waals surface area contributed by atoms with E-state index in [4.69, 9.17) is 17.3 Å². The fourth-order valence-electron chi connectivity index (χ4n) is 2.00. The fourth-order valence-corrected chi connectivity index (χ4v) is 2.23. The van der Waals surface area contributed by atoms with Gasteiger partial charge >= 0.3 is 0 Å². The molecule has 0 heterocycles. The van der Waals surface area contributed by atoms with Crippen LogP contribution >= 0.6 is 11.6 Å². The van der Waals surface area contributed by atoms with Crippen LogP contribution in [0.2, 0.25) is 5.02 Å². The van der Waals surface area contributed by atoms with Gasteiger partial charge in [-0.15, -0.1) is 0 Å². The maximum Gasteiger partial charge on any atom is 0.128 e. The molecule has 1 atom stereocenters. The molecule has 0 bridgehead atoms. The van der Waals surface area contributed by atoms with Crippen molar-refractivity contribution in [2.24, 2.45) is 5.73 Å². The summed E-state index contributed by atoms with van der Waals surface area (Å²) >= 11 is 5.99. The molecule has 0 spiro atoms. The minimum absolute atomic E-state index is 0.219. The second-order valence-corrected chi connectivity index (χ2v) is 4.68. The molecule has 2 N–H and O–H groups in total. The van der Waals surface area contributed by atoms with Crippen LogP contribution in [0, 0.1) is 5.82 Å². The first-order valence-corrected chi connectivity index (χ1v) is 5.91. The van der Waals surface area contributed by atoms with E-state index in [0.29, 0.717) is 17.0 Å². The summed E-state index contributed by atoms with van der Waals surface area (Å²) in [7, 11) is 0. The standard InChI is InChI=1S/C13H15ClFN/c14-12-2-1-3-13(15)11(12)8-9-4-6-10(16)7-5-9/h1-4,10H,5-8,16H2. The number of benzene rings is 1. The van der Waals surface area contributed by atoms with Crippen LogP contribution in [0.5, 0.6) is 0 Å².